The van der Waals surface area contributed by atoms with Crippen LogP contribution in [-0.4, -0.2) is 35.6 Å². The van der Waals surface area contributed by atoms with Crippen molar-refractivity contribution >= 4 is 6.03 Å². The first-order chi connectivity index (χ1) is 8.20. The highest BCUT2D eigenvalue weighted by atomic mass is 16.5. The monoisotopic (exact) mass is 233 g/mol. The third-order valence-electron chi connectivity index (χ3n) is 2.80. The SMILES string of the molecule is COc1ccc(CC2C=CCN2C(N)=O)cn1. The van der Waals surface area contributed by atoms with Crippen molar-refractivity contribution in [3.8, 4) is 5.88 Å². The molecule has 17 heavy (non-hydrogen) atoms. The maximum atomic E-state index is 11.2. The average molecular weight is 233 g/mol. The standard InChI is InChI=1S/C12H15N3O2/c1-17-11-5-4-9(8-14-11)7-10-3-2-6-15(10)12(13)16/h2-5,8,10H,6-7H2,1H3,(H2,13,16). The van der Waals surface area contributed by atoms with Crippen LogP contribution in [0.4, 0.5) is 4.79 Å². The molecule has 1 aromatic heterocycles. The maximum absolute atomic E-state index is 11.2. The zero-order valence-corrected chi connectivity index (χ0v) is 9.67. The number of carbonyl (C=O) groups is 1. The number of nitrogens with two attached hydrogens (primary N) is 1. The summed E-state index contributed by atoms with van der Waals surface area (Å²) in [6, 6.07) is 3.39. The van der Waals surface area contributed by atoms with E-state index in [2.05, 4.69) is 4.98 Å². The number of primary amides is 1. The van der Waals surface area contributed by atoms with Crippen molar-refractivity contribution in [2.75, 3.05) is 13.7 Å². The van der Waals surface area contributed by atoms with E-state index in [9.17, 15) is 4.79 Å². The van der Waals surface area contributed by atoms with E-state index in [1.807, 2.05) is 24.3 Å². The van der Waals surface area contributed by atoms with Gasteiger partial charge in [0.1, 0.15) is 0 Å². The van der Waals surface area contributed by atoms with Crippen molar-refractivity contribution in [2.45, 2.75) is 12.5 Å². The van der Waals surface area contributed by atoms with Crippen LogP contribution in [-0.2, 0) is 6.42 Å². The number of urea groups is 1. The predicted octanol–water partition coefficient (Wildman–Crippen LogP) is 0.952. The highest BCUT2D eigenvalue weighted by Crippen LogP contribution is 2.16. The smallest absolute Gasteiger partial charge is 0.315 e. The summed E-state index contributed by atoms with van der Waals surface area (Å²) in [4.78, 5) is 16.9. The van der Waals surface area contributed by atoms with Crippen LogP contribution < -0.4 is 10.5 Å². The molecule has 2 N–H and O–H groups in total. The van der Waals surface area contributed by atoms with Crippen LogP contribution >= 0.6 is 0 Å². The van der Waals surface area contributed by atoms with E-state index in [0.29, 0.717) is 12.4 Å². The molecule has 0 aromatic carbocycles. The Morgan fingerprint density at radius 1 is 1.65 bits per heavy atom. The summed E-state index contributed by atoms with van der Waals surface area (Å²) < 4.78 is 4.99. The molecule has 0 bridgehead atoms. The molecule has 1 aromatic rings. The van der Waals surface area contributed by atoms with Gasteiger partial charge in [0.25, 0.3) is 0 Å². The molecular formula is C12H15N3O2. The second kappa shape index (κ2) is 4.86. The van der Waals surface area contributed by atoms with Gasteiger partial charge < -0.3 is 15.4 Å². The van der Waals surface area contributed by atoms with Crippen LogP contribution in [0.3, 0.4) is 0 Å². The molecule has 2 heterocycles. The number of hydrogen-bond donors (Lipinski definition) is 1. The second-order valence-electron chi connectivity index (χ2n) is 3.90. The number of amides is 2. The molecule has 0 saturated carbocycles. The van der Waals surface area contributed by atoms with Gasteiger partial charge in [0.15, 0.2) is 0 Å². The lowest BCUT2D eigenvalue weighted by atomic mass is 10.1. The van der Waals surface area contributed by atoms with Crippen molar-refractivity contribution < 1.29 is 9.53 Å². The first-order valence-corrected chi connectivity index (χ1v) is 5.42. The van der Waals surface area contributed by atoms with Crippen molar-refractivity contribution in [2.24, 2.45) is 5.73 Å². The predicted molar refractivity (Wildman–Crippen MR) is 63.7 cm³/mol. The van der Waals surface area contributed by atoms with Crippen molar-refractivity contribution in [1.82, 2.24) is 9.88 Å². The topological polar surface area (TPSA) is 68.5 Å². The number of methoxy groups -OCH3 is 1. The summed E-state index contributed by atoms with van der Waals surface area (Å²) >= 11 is 0. The van der Waals surface area contributed by atoms with E-state index < -0.39 is 0 Å². The Hall–Kier alpha value is -2.04. The zero-order valence-electron chi connectivity index (χ0n) is 9.67. The minimum absolute atomic E-state index is 0.0303. The van der Waals surface area contributed by atoms with Crippen molar-refractivity contribution in [1.29, 1.82) is 0 Å². The summed E-state index contributed by atoms with van der Waals surface area (Å²) in [6.07, 6.45) is 6.42. The van der Waals surface area contributed by atoms with Gasteiger partial charge in [-0.25, -0.2) is 9.78 Å². The molecule has 1 unspecified atom stereocenters. The van der Waals surface area contributed by atoms with Gasteiger partial charge in [-0.2, -0.15) is 0 Å². The lowest BCUT2D eigenvalue weighted by Gasteiger charge is -2.22. The molecule has 90 valence electrons. The largest absolute Gasteiger partial charge is 0.481 e. The third kappa shape index (κ3) is 2.55. The van der Waals surface area contributed by atoms with Gasteiger partial charge in [-0.1, -0.05) is 18.2 Å². The number of rotatable bonds is 3. The molecule has 2 rings (SSSR count). The molecule has 0 fully saturated rings. The summed E-state index contributed by atoms with van der Waals surface area (Å²) in [5.41, 5.74) is 6.35. The summed E-state index contributed by atoms with van der Waals surface area (Å²) in [6.45, 7) is 0.587. The Morgan fingerprint density at radius 3 is 3.06 bits per heavy atom. The average Bonchev–Trinajstić information content (AvgIpc) is 2.78. The van der Waals surface area contributed by atoms with Crippen molar-refractivity contribution in [3.05, 3.63) is 36.0 Å². The zero-order chi connectivity index (χ0) is 12.3. The molecule has 0 radical (unpaired) electrons. The molecule has 5 heteroatoms. The molecule has 2 amide bonds. The highest BCUT2D eigenvalue weighted by molar-refractivity contribution is 5.73. The van der Waals surface area contributed by atoms with E-state index in [1.165, 1.54) is 0 Å². The molecule has 5 nitrogen and oxygen atoms in total. The minimum Gasteiger partial charge on any atom is -0.481 e. The fourth-order valence-corrected chi connectivity index (χ4v) is 1.90. The lowest BCUT2D eigenvalue weighted by molar-refractivity contribution is 0.206. The lowest BCUT2D eigenvalue weighted by Crippen LogP contribution is -2.40. The molecule has 1 aliphatic heterocycles. The van der Waals surface area contributed by atoms with Gasteiger partial charge >= 0.3 is 6.03 Å². The number of nitrogens with zero attached hydrogens (tertiary/aromatic N) is 2. The molecule has 0 spiro atoms. The molecule has 0 aliphatic carbocycles. The Bertz CT molecular complexity index is 428. The van der Waals surface area contributed by atoms with Gasteiger partial charge in [-0.3, -0.25) is 0 Å². The van der Waals surface area contributed by atoms with Crippen LogP contribution in [0.15, 0.2) is 30.5 Å². The van der Waals surface area contributed by atoms with Crippen LogP contribution in [0, 0.1) is 0 Å². The number of hydrogen-bond acceptors (Lipinski definition) is 3. The first-order valence-electron chi connectivity index (χ1n) is 5.42. The van der Waals surface area contributed by atoms with Crippen LogP contribution in [0.5, 0.6) is 5.88 Å². The van der Waals surface area contributed by atoms with Crippen LogP contribution in [0.1, 0.15) is 5.56 Å². The minimum atomic E-state index is -0.388. The normalized spacial score (nSPS) is 18.4. The molecule has 1 atom stereocenters. The van der Waals surface area contributed by atoms with E-state index in [4.69, 9.17) is 10.5 Å². The second-order valence-corrected chi connectivity index (χ2v) is 3.90. The van der Waals surface area contributed by atoms with Gasteiger partial charge in [-0.05, 0) is 12.0 Å². The van der Waals surface area contributed by atoms with Crippen molar-refractivity contribution in [3.63, 3.8) is 0 Å². The molecular weight excluding hydrogens is 218 g/mol. The van der Waals surface area contributed by atoms with Gasteiger partial charge in [0.05, 0.1) is 13.2 Å². The summed E-state index contributed by atoms with van der Waals surface area (Å²) in [5.74, 6) is 0.586. The Morgan fingerprint density at radius 2 is 2.47 bits per heavy atom. The van der Waals surface area contributed by atoms with Crippen LogP contribution in [0.25, 0.3) is 0 Å². The summed E-state index contributed by atoms with van der Waals surface area (Å²) in [5, 5.41) is 0. The number of aromatic nitrogens is 1. The van der Waals surface area contributed by atoms with E-state index >= 15 is 0 Å². The Kier molecular flexibility index (Phi) is 3.27. The van der Waals surface area contributed by atoms with Crippen LogP contribution in [0.2, 0.25) is 0 Å². The maximum Gasteiger partial charge on any atom is 0.315 e. The van der Waals surface area contributed by atoms with E-state index in [1.54, 1.807) is 18.2 Å². The Labute approximate surface area is 99.9 Å². The molecule has 0 saturated heterocycles. The number of pyridine rings is 1. The van der Waals surface area contributed by atoms with Gasteiger partial charge in [-0.15, -0.1) is 0 Å². The van der Waals surface area contributed by atoms with E-state index in [-0.39, 0.29) is 12.1 Å². The first kappa shape index (κ1) is 11.4. The fraction of sp³-hybridized carbons (Fsp3) is 0.333. The third-order valence-corrected chi connectivity index (χ3v) is 2.80. The van der Waals surface area contributed by atoms with Gasteiger partial charge in [0.2, 0.25) is 5.88 Å². The fourth-order valence-electron chi connectivity index (χ4n) is 1.90. The summed E-state index contributed by atoms with van der Waals surface area (Å²) in [7, 11) is 1.58. The van der Waals surface area contributed by atoms with Gasteiger partial charge in [0, 0.05) is 18.8 Å². The van der Waals surface area contributed by atoms with E-state index in [0.717, 1.165) is 12.0 Å². The quantitative estimate of drug-likeness (QED) is 0.790. The molecule has 1 aliphatic rings. The highest BCUT2D eigenvalue weighted by Gasteiger charge is 2.22. The number of ether oxygens (including phenoxy) is 1. The number of carbonyl (C=O) groups excluding carboxylic acids is 1. The Balaban J connectivity index is 2.04.